The van der Waals surface area contributed by atoms with Gasteiger partial charge in [0.2, 0.25) is 5.82 Å². The summed E-state index contributed by atoms with van der Waals surface area (Å²) in [7, 11) is 0. The molecule has 1 aromatic carbocycles. The number of carbonyl (C=O) groups is 1. The second kappa shape index (κ2) is 6.77. The fraction of sp³-hybridized carbons (Fsp3) is 0.0769. The molecule has 0 saturated carbocycles. The van der Waals surface area contributed by atoms with E-state index in [9.17, 15) is 9.90 Å². The van der Waals surface area contributed by atoms with Crippen molar-refractivity contribution >= 4 is 44.0 Å². The predicted molar refractivity (Wildman–Crippen MR) is 85.3 cm³/mol. The van der Waals surface area contributed by atoms with Crippen molar-refractivity contribution < 1.29 is 9.90 Å². The maximum absolute atomic E-state index is 11.7. The second-order valence-corrected chi connectivity index (χ2v) is 5.92. The summed E-state index contributed by atoms with van der Waals surface area (Å²) >= 11 is 6.51. The minimum atomic E-state index is -0.537. The standard InChI is InChI=1S/C13H10Br2N4O2/c1-7-2-9(14)3-8(11(7)20)4-18-19-13(21)12-16-5-10(15)6-17-12/h2-6,20H,1H3,(H,19,21)/b18-4+. The second-order valence-electron chi connectivity index (χ2n) is 4.08. The molecule has 0 bridgehead atoms. The van der Waals surface area contributed by atoms with Crippen LogP contribution in [-0.4, -0.2) is 27.2 Å². The third kappa shape index (κ3) is 4.08. The topological polar surface area (TPSA) is 87.5 Å². The highest BCUT2D eigenvalue weighted by atomic mass is 79.9. The van der Waals surface area contributed by atoms with Crippen molar-refractivity contribution in [3.05, 3.63) is 50.4 Å². The Morgan fingerprint density at radius 3 is 2.62 bits per heavy atom. The Balaban J connectivity index is 2.09. The maximum Gasteiger partial charge on any atom is 0.309 e. The number of hydrogen-bond donors (Lipinski definition) is 2. The first-order valence-corrected chi connectivity index (χ1v) is 7.36. The Morgan fingerprint density at radius 1 is 1.29 bits per heavy atom. The molecule has 0 atom stereocenters. The molecule has 2 N–H and O–H groups in total. The number of nitrogens with one attached hydrogen (secondary N) is 1. The number of phenols is 1. The van der Waals surface area contributed by atoms with E-state index in [4.69, 9.17) is 0 Å². The first-order valence-electron chi connectivity index (χ1n) is 5.77. The molecule has 1 amide bonds. The number of benzene rings is 1. The van der Waals surface area contributed by atoms with E-state index in [1.807, 2.05) is 0 Å². The fourth-order valence-corrected chi connectivity index (χ4v) is 2.29. The third-order valence-corrected chi connectivity index (χ3v) is 3.36. The molecule has 21 heavy (non-hydrogen) atoms. The van der Waals surface area contributed by atoms with E-state index >= 15 is 0 Å². The van der Waals surface area contributed by atoms with Crippen LogP contribution in [0.3, 0.4) is 0 Å². The molecule has 108 valence electrons. The van der Waals surface area contributed by atoms with Gasteiger partial charge in [-0.15, -0.1) is 0 Å². The number of carbonyl (C=O) groups excluding carboxylic acids is 1. The monoisotopic (exact) mass is 412 g/mol. The maximum atomic E-state index is 11.7. The van der Waals surface area contributed by atoms with Crippen LogP contribution >= 0.6 is 31.9 Å². The van der Waals surface area contributed by atoms with E-state index in [2.05, 4.69) is 52.4 Å². The number of hydrazone groups is 1. The van der Waals surface area contributed by atoms with Gasteiger partial charge in [-0.25, -0.2) is 15.4 Å². The summed E-state index contributed by atoms with van der Waals surface area (Å²) in [6.45, 7) is 1.77. The van der Waals surface area contributed by atoms with Gasteiger partial charge in [0.15, 0.2) is 0 Å². The van der Waals surface area contributed by atoms with Gasteiger partial charge in [0.05, 0.1) is 10.7 Å². The quantitative estimate of drug-likeness (QED) is 0.598. The van der Waals surface area contributed by atoms with E-state index in [1.165, 1.54) is 18.6 Å². The van der Waals surface area contributed by atoms with Crippen molar-refractivity contribution in [3.8, 4) is 5.75 Å². The summed E-state index contributed by atoms with van der Waals surface area (Å²) in [6, 6.07) is 3.47. The molecule has 8 heteroatoms. The minimum absolute atomic E-state index is 0.00462. The number of aromatic hydroxyl groups is 1. The normalized spacial score (nSPS) is 10.8. The fourth-order valence-electron chi connectivity index (χ4n) is 1.50. The van der Waals surface area contributed by atoms with E-state index in [-0.39, 0.29) is 11.6 Å². The number of nitrogens with zero attached hydrogens (tertiary/aromatic N) is 3. The van der Waals surface area contributed by atoms with Gasteiger partial charge in [-0.05, 0) is 40.5 Å². The molecule has 6 nitrogen and oxygen atoms in total. The number of aryl methyl sites for hydroxylation is 1. The number of halogens is 2. The first kappa shape index (κ1) is 15.6. The van der Waals surface area contributed by atoms with E-state index in [0.29, 0.717) is 15.6 Å². The van der Waals surface area contributed by atoms with Crippen molar-refractivity contribution in [1.29, 1.82) is 0 Å². The Kier molecular flexibility index (Phi) is 5.03. The highest BCUT2D eigenvalue weighted by Gasteiger charge is 2.08. The number of hydrogen-bond acceptors (Lipinski definition) is 5. The molecule has 0 aliphatic rings. The smallest absolute Gasteiger partial charge is 0.309 e. The molecule has 0 spiro atoms. The Hall–Kier alpha value is -1.80. The van der Waals surface area contributed by atoms with Crippen LogP contribution < -0.4 is 5.43 Å². The van der Waals surface area contributed by atoms with Crippen molar-refractivity contribution in [2.75, 3.05) is 0 Å². The summed E-state index contributed by atoms with van der Waals surface area (Å²) in [5, 5.41) is 13.7. The minimum Gasteiger partial charge on any atom is -0.507 e. The van der Waals surface area contributed by atoms with E-state index < -0.39 is 5.91 Å². The molecular weight excluding hydrogens is 404 g/mol. The molecular formula is C13H10Br2N4O2. The van der Waals surface area contributed by atoms with Crippen LogP contribution in [0.25, 0.3) is 0 Å². The van der Waals surface area contributed by atoms with Crippen LogP contribution in [-0.2, 0) is 0 Å². The first-order chi connectivity index (χ1) is 9.97. The number of amides is 1. The van der Waals surface area contributed by atoms with Gasteiger partial charge in [0.1, 0.15) is 5.75 Å². The highest BCUT2D eigenvalue weighted by Crippen LogP contribution is 2.25. The van der Waals surface area contributed by atoms with Crippen molar-refractivity contribution in [2.45, 2.75) is 6.92 Å². The van der Waals surface area contributed by atoms with Crippen LogP contribution in [0.1, 0.15) is 21.7 Å². The highest BCUT2D eigenvalue weighted by molar-refractivity contribution is 9.10. The zero-order valence-corrected chi connectivity index (χ0v) is 14.0. The number of aromatic nitrogens is 2. The van der Waals surface area contributed by atoms with Gasteiger partial charge in [-0.1, -0.05) is 15.9 Å². The molecule has 0 radical (unpaired) electrons. The molecule has 2 rings (SSSR count). The summed E-state index contributed by atoms with van der Waals surface area (Å²) in [5.74, 6) is -0.425. The van der Waals surface area contributed by atoms with Crippen LogP contribution in [0.2, 0.25) is 0 Å². The lowest BCUT2D eigenvalue weighted by atomic mass is 10.1. The van der Waals surface area contributed by atoms with Gasteiger partial charge in [0.25, 0.3) is 0 Å². The molecule has 0 unspecified atom stereocenters. The van der Waals surface area contributed by atoms with Gasteiger partial charge in [-0.3, -0.25) is 4.79 Å². The lowest BCUT2D eigenvalue weighted by molar-refractivity contribution is 0.0944. The Labute approximate surface area is 137 Å². The molecule has 0 aliphatic carbocycles. The van der Waals surface area contributed by atoms with Gasteiger partial charge in [-0.2, -0.15) is 5.10 Å². The predicted octanol–water partition coefficient (Wildman–Crippen LogP) is 2.78. The van der Waals surface area contributed by atoms with Crippen molar-refractivity contribution in [2.24, 2.45) is 5.10 Å². The average molecular weight is 414 g/mol. The molecule has 2 aromatic rings. The summed E-state index contributed by atoms with van der Waals surface area (Å²) in [6.07, 6.45) is 4.29. The Morgan fingerprint density at radius 2 is 1.95 bits per heavy atom. The third-order valence-electron chi connectivity index (χ3n) is 2.49. The molecule has 1 heterocycles. The zero-order valence-electron chi connectivity index (χ0n) is 10.8. The van der Waals surface area contributed by atoms with Gasteiger partial charge < -0.3 is 5.11 Å². The molecule has 0 saturated heterocycles. The molecule has 0 fully saturated rings. The summed E-state index contributed by atoms with van der Waals surface area (Å²) in [5.41, 5.74) is 3.48. The van der Waals surface area contributed by atoms with Gasteiger partial charge >= 0.3 is 5.91 Å². The number of rotatable bonds is 3. The SMILES string of the molecule is Cc1cc(Br)cc(/C=N/NC(=O)c2ncc(Br)cn2)c1O. The van der Waals surface area contributed by atoms with Gasteiger partial charge in [0, 0.05) is 22.4 Å². The summed E-state index contributed by atoms with van der Waals surface area (Å²) in [4.78, 5) is 19.4. The van der Waals surface area contributed by atoms with E-state index in [1.54, 1.807) is 19.1 Å². The van der Waals surface area contributed by atoms with Crippen molar-refractivity contribution in [3.63, 3.8) is 0 Å². The molecule has 0 aliphatic heterocycles. The van der Waals surface area contributed by atoms with Crippen LogP contribution in [0, 0.1) is 6.92 Å². The number of phenolic OH excluding ortho intramolecular Hbond substituents is 1. The summed E-state index contributed by atoms with van der Waals surface area (Å²) < 4.78 is 1.49. The van der Waals surface area contributed by atoms with E-state index in [0.717, 1.165) is 4.47 Å². The lowest BCUT2D eigenvalue weighted by Gasteiger charge is -2.04. The Bertz CT molecular complexity index is 702. The lowest BCUT2D eigenvalue weighted by Crippen LogP contribution is -2.20. The molecule has 1 aromatic heterocycles. The average Bonchev–Trinajstić information content (AvgIpc) is 2.44. The van der Waals surface area contributed by atoms with Crippen LogP contribution in [0.15, 0.2) is 38.6 Å². The van der Waals surface area contributed by atoms with Crippen molar-refractivity contribution in [1.82, 2.24) is 15.4 Å². The largest absolute Gasteiger partial charge is 0.507 e. The van der Waals surface area contributed by atoms with Crippen LogP contribution in [0.4, 0.5) is 0 Å². The van der Waals surface area contributed by atoms with Crippen LogP contribution in [0.5, 0.6) is 5.75 Å². The zero-order chi connectivity index (χ0) is 15.4.